The third kappa shape index (κ3) is 12.6. The van der Waals surface area contributed by atoms with Gasteiger partial charge in [-0.15, -0.1) is 0 Å². The summed E-state index contributed by atoms with van der Waals surface area (Å²) >= 11 is 0. The smallest absolute Gasteiger partial charge is 0.356 e. The molecule has 0 saturated heterocycles. The Morgan fingerprint density at radius 2 is 1.80 bits per heavy atom. The van der Waals surface area contributed by atoms with Gasteiger partial charge in [0.05, 0.1) is 12.2 Å². The average Bonchev–Trinajstić information content (AvgIpc) is 2.28. The number of amides is 1. The molecule has 2 N–H and O–H groups in total. The standard InChI is InChI=1S/C13H28NO5P/c1-5-12(15)14-10-8-6-7-9-11-18-20(16,17)19-13(2,3)4/h5-11H2,1-4H3,(H,14,15)(H,16,17). The first-order valence-corrected chi connectivity index (χ1v) is 8.60. The molecule has 1 amide bonds. The van der Waals surface area contributed by atoms with E-state index in [1.165, 1.54) is 0 Å². The van der Waals surface area contributed by atoms with Gasteiger partial charge in [-0.1, -0.05) is 19.8 Å². The van der Waals surface area contributed by atoms with Crippen molar-refractivity contribution in [1.29, 1.82) is 0 Å². The van der Waals surface area contributed by atoms with Crippen LogP contribution in [0.3, 0.4) is 0 Å². The molecule has 0 aliphatic heterocycles. The topological polar surface area (TPSA) is 84.9 Å². The minimum absolute atomic E-state index is 0.0638. The van der Waals surface area contributed by atoms with Crippen LogP contribution < -0.4 is 5.32 Å². The third-order valence-corrected chi connectivity index (χ3v) is 3.65. The number of nitrogens with one attached hydrogen (secondary N) is 1. The first-order chi connectivity index (χ1) is 9.16. The summed E-state index contributed by atoms with van der Waals surface area (Å²) in [6.07, 6.45) is 3.94. The zero-order valence-corrected chi connectivity index (χ0v) is 13.9. The van der Waals surface area contributed by atoms with Gasteiger partial charge in [-0.2, -0.15) is 0 Å². The molecule has 0 radical (unpaired) electrons. The lowest BCUT2D eigenvalue weighted by molar-refractivity contribution is -0.120. The van der Waals surface area contributed by atoms with Crippen molar-refractivity contribution in [2.24, 2.45) is 0 Å². The van der Waals surface area contributed by atoms with Gasteiger partial charge in [0, 0.05) is 13.0 Å². The zero-order valence-electron chi connectivity index (χ0n) is 13.0. The number of unbranched alkanes of at least 4 members (excludes halogenated alkanes) is 3. The minimum Gasteiger partial charge on any atom is -0.356 e. The molecule has 1 unspecified atom stereocenters. The van der Waals surface area contributed by atoms with Crippen molar-refractivity contribution in [3.05, 3.63) is 0 Å². The Hall–Kier alpha value is -0.420. The van der Waals surface area contributed by atoms with Gasteiger partial charge in [-0.25, -0.2) is 4.57 Å². The Balaban J connectivity index is 3.53. The number of phosphoric acid groups is 1. The van der Waals surface area contributed by atoms with Crippen LogP contribution in [0.2, 0.25) is 0 Å². The highest BCUT2D eigenvalue weighted by Gasteiger charge is 2.28. The first-order valence-electron chi connectivity index (χ1n) is 7.11. The van der Waals surface area contributed by atoms with Gasteiger partial charge in [0.2, 0.25) is 5.91 Å². The lowest BCUT2D eigenvalue weighted by atomic mass is 10.2. The van der Waals surface area contributed by atoms with Crippen molar-refractivity contribution in [3.8, 4) is 0 Å². The summed E-state index contributed by atoms with van der Waals surface area (Å²) in [5.74, 6) is 0.0638. The molecule has 0 aromatic carbocycles. The molecule has 0 heterocycles. The fraction of sp³-hybridized carbons (Fsp3) is 0.923. The van der Waals surface area contributed by atoms with Gasteiger partial charge in [-0.3, -0.25) is 13.8 Å². The molecule has 120 valence electrons. The molecule has 7 heteroatoms. The molecule has 0 aromatic rings. The van der Waals surface area contributed by atoms with E-state index in [2.05, 4.69) is 5.32 Å². The molecule has 0 aliphatic rings. The van der Waals surface area contributed by atoms with Crippen LogP contribution in [-0.2, 0) is 18.4 Å². The lowest BCUT2D eigenvalue weighted by Crippen LogP contribution is -2.23. The molecule has 20 heavy (non-hydrogen) atoms. The van der Waals surface area contributed by atoms with Crippen LogP contribution in [0, 0.1) is 0 Å². The number of carbonyl (C=O) groups excluding carboxylic acids is 1. The summed E-state index contributed by atoms with van der Waals surface area (Å²) in [6.45, 7) is 7.79. The van der Waals surface area contributed by atoms with E-state index in [0.717, 1.165) is 19.3 Å². The Morgan fingerprint density at radius 3 is 2.35 bits per heavy atom. The van der Waals surface area contributed by atoms with Crippen molar-refractivity contribution in [2.75, 3.05) is 13.2 Å². The number of hydrogen-bond acceptors (Lipinski definition) is 4. The predicted octanol–water partition coefficient (Wildman–Crippen LogP) is 3.01. The Bertz CT molecular complexity index is 327. The molecule has 0 fully saturated rings. The maximum Gasteiger partial charge on any atom is 0.472 e. The summed E-state index contributed by atoms with van der Waals surface area (Å²) < 4.78 is 21.4. The zero-order chi connectivity index (χ0) is 15.6. The van der Waals surface area contributed by atoms with Crippen LogP contribution in [0.4, 0.5) is 0 Å². The SMILES string of the molecule is CCC(=O)NCCCCCCOP(=O)(O)OC(C)(C)C. The normalized spacial score (nSPS) is 14.8. The maximum absolute atomic E-state index is 11.5. The molecule has 0 aliphatic carbocycles. The molecule has 0 aromatic heterocycles. The van der Waals surface area contributed by atoms with E-state index in [0.29, 0.717) is 19.4 Å². The molecule has 0 saturated carbocycles. The molecule has 6 nitrogen and oxygen atoms in total. The average molecular weight is 309 g/mol. The van der Waals surface area contributed by atoms with Crippen LogP contribution in [0.15, 0.2) is 0 Å². The summed E-state index contributed by atoms with van der Waals surface area (Å²) in [4.78, 5) is 20.4. The van der Waals surface area contributed by atoms with Crippen molar-refractivity contribution in [1.82, 2.24) is 5.32 Å². The van der Waals surface area contributed by atoms with Gasteiger partial charge in [0.25, 0.3) is 0 Å². The molecule has 0 rings (SSSR count). The summed E-state index contributed by atoms with van der Waals surface area (Å²) in [6, 6.07) is 0. The second kappa shape index (κ2) is 9.50. The van der Waals surface area contributed by atoms with Crippen LogP contribution in [0.1, 0.15) is 59.8 Å². The van der Waals surface area contributed by atoms with E-state index < -0.39 is 13.4 Å². The van der Waals surface area contributed by atoms with E-state index in [1.54, 1.807) is 20.8 Å². The van der Waals surface area contributed by atoms with Crippen molar-refractivity contribution in [3.63, 3.8) is 0 Å². The minimum atomic E-state index is -3.95. The monoisotopic (exact) mass is 309 g/mol. The Morgan fingerprint density at radius 1 is 1.20 bits per heavy atom. The fourth-order valence-corrected chi connectivity index (χ4v) is 2.59. The number of hydrogen-bond donors (Lipinski definition) is 2. The van der Waals surface area contributed by atoms with Crippen LogP contribution >= 0.6 is 7.82 Å². The lowest BCUT2D eigenvalue weighted by Gasteiger charge is -2.22. The van der Waals surface area contributed by atoms with Gasteiger partial charge in [-0.05, 0) is 33.6 Å². The van der Waals surface area contributed by atoms with E-state index in [1.807, 2.05) is 6.92 Å². The maximum atomic E-state index is 11.5. The summed E-state index contributed by atoms with van der Waals surface area (Å²) in [5, 5.41) is 2.80. The number of phosphoric ester groups is 1. The third-order valence-electron chi connectivity index (χ3n) is 2.36. The molecule has 0 bridgehead atoms. The highest BCUT2D eigenvalue weighted by atomic mass is 31.2. The Kier molecular flexibility index (Phi) is 9.30. The first kappa shape index (κ1) is 19.6. The fourth-order valence-electron chi connectivity index (χ4n) is 1.49. The van der Waals surface area contributed by atoms with E-state index in [-0.39, 0.29) is 12.5 Å². The Labute approximate surface area is 121 Å². The van der Waals surface area contributed by atoms with Crippen LogP contribution in [0.5, 0.6) is 0 Å². The molecule has 1 atom stereocenters. The van der Waals surface area contributed by atoms with Gasteiger partial charge < -0.3 is 10.2 Å². The predicted molar refractivity (Wildman–Crippen MR) is 78.4 cm³/mol. The molecule has 0 spiro atoms. The van der Waals surface area contributed by atoms with Gasteiger partial charge in [0.1, 0.15) is 0 Å². The van der Waals surface area contributed by atoms with Gasteiger partial charge >= 0.3 is 7.82 Å². The molecular formula is C13H28NO5P. The quantitative estimate of drug-likeness (QED) is 0.478. The highest BCUT2D eigenvalue weighted by molar-refractivity contribution is 7.47. The summed E-state index contributed by atoms with van der Waals surface area (Å²) in [5.41, 5.74) is -0.707. The summed E-state index contributed by atoms with van der Waals surface area (Å²) in [7, 11) is -3.95. The van der Waals surface area contributed by atoms with E-state index in [4.69, 9.17) is 9.05 Å². The van der Waals surface area contributed by atoms with Gasteiger partial charge in [0.15, 0.2) is 0 Å². The second-order valence-electron chi connectivity index (χ2n) is 5.62. The van der Waals surface area contributed by atoms with E-state index >= 15 is 0 Å². The largest absolute Gasteiger partial charge is 0.472 e. The number of rotatable bonds is 10. The number of carbonyl (C=O) groups is 1. The highest BCUT2D eigenvalue weighted by Crippen LogP contribution is 2.47. The van der Waals surface area contributed by atoms with Crippen LogP contribution in [0.25, 0.3) is 0 Å². The molecular weight excluding hydrogens is 281 g/mol. The van der Waals surface area contributed by atoms with Crippen molar-refractivity contribution in [2.45, 2.75) is 65.4 Å². The van der Waals surface area contributed by atoms with Crippen molar-refractivity contribution >= 4 is 13.7 Å². The van der Waals surface area contributed by atoms with E-state index in [9.17, 15) is 14.3 Å². The van der Waals surface area contributed by atoms with Crippen molar-refractivity contribution < 1.29 is 23.3 Å². The second-order valence-corrected chi connectivity index (χ2v) is 7.00. The van der Waals surface area contributed by atoms with Crippen LogP contribution in [-0.4, -0.2) is 29.6 Å².